The normalized spacial score (nSPS) is 20.1. The molecule has 0 bridgehead atoms. The number of hydrogen-bond acceptors (Lipinski definition) is 5. The monoisotopic (exact) mass is 454 g/mol. The second-order valence-corrected chi connectivity index (χ2v) is 8.95. The zero-order chi connectivity index (χ0) is 23.8. The minimum atomic E-state index is -0.515. The van der Waals surface area contributed by atoms with Crippen LogP contribution >= 0.6 is 0 Å². The molecule has 1 aromatic heterocycles. The van der Waals surface area contributed by atoms with Crippen molar-refractivity contribution >= 4 is 23.2 Å². The first-order chi connectivity index (χ1) is 16.4. The molecule has 2 aliphatic heterocycles. The van der Waals surface area contributed by atoms with Crippen LogP contribution in [0.25, 0.3) is 0 Å². The second-order valence-electron chi connectivity index (χ2n) is 8.95. The van der Waals surface area contributed by atoms with Gasteiger partial charge in [-0.05, 0) is 37.6 Å². The Kier molecular flexibility index (Phi) is 5.61. The molecule has 7 heteroatoms. The Morgan fingerprint density at radius 2 is 1.88 bits per heavy atom. The lowest BCUT2D eigenvalue weighted by Gasteiger charge is -2.25. The number of hydrogen-bond donors (Lipinski definition) is 1. The van der Waals surface area contributed by atoms with Crippen molar-refractivity contribution in [3.8, 4) is 5.75 Å². The molecule has 0 aliphatic carbocycles. The quantitative estimate of drug-likeness (QED) is 0.642. The number of phenolic OH excluding ortho intramolecular Hbond substituents is 1. The van der Waals surface area contributed by atoms with Crippen LogP contribution in [0.4, 0.5) is 5.69 Å². The Balaban J connectivity index is 1.46. The van der Waals surface area contributed by atoms with Crippen molar-refractivity contribution in [1.82, 2.24) is 9.99 Å². The van der Waals surface area contributed by atoms with Gasteiger partial charge in [0, 0.05) is 48.6 Å². The van der Waals surface area contributed by atoms with Crippen molar-refractivity contribution in [2.45, 2.75) is 32.7 Å². The van der Waals surface area contributed by atoms with Crippen LogP contribution in [-0.4, -0.2) is 39.2 Å². The number of aryl methyl sites for hydroxylation is 2. The number of carbonyl (C=O) groups is 2. The van der Waals surface area contributed by atoms with Crippen LogP contribution in [0.3, 0.4) is 0 Å². The van der Waals surface area contributed by atoms with Crippen LogP contribution in [0, 0.1) is 19.8 Å². The summed E-state index contributed by atoms with van der Waals surface area (Å²) in [6.45, 7) is 4.30. The first-order valence-electron chi connectivity index (χ1n) is 11.4. The number of pyridine rings is 1. The van der Waals surface area contributed by atoms with Crippen molar-refractivity contribution in [2.75, 3.05) is 11.4 Å². The molecule has 7 nitrogen and oxygen atoms in total. The van der Waals surface area contributed by atoms with Gasteiger partial charge in [-0.25, -0.2) is 5.01 Å². The van der Waals surface area contributed by atoms with Gasteiger partial charge in [0.15, 0.2) is 0 Å². The lowest BCUT2D eigenvalue weighted by molar-refractivity contribution is -0.137. The number of para-hydroxylation sites is 1. The van der Waals surface area contributed by atoms with Gasteiger partial charge >= 0.3 is 0 Å². The fourth-order valence-corrected chi connectivity index (χ4v) is 4.83. The Morgan fingerprint density at radius 1 is 1.06 bits per heavy atom. The Bertz CT molecular complexity index is 1290. The van der Waals surface area contributed by atoms with Crippen LogP contribution in [-0.2, 0) is 9.59 Å². The highest BCUT2D eigenvalue weighted by Gasteiger charge is 2.42. The van der Waals surface area contributed by atoms with Crippen LogP contribution in [0.15, 0.2) is 72.1 Å². The summed E-state index contributed by atoms with van der Waals surface area (Å²) in [4.78, 5) is 32.5. The number of aromatic hydroxyl groups is 1. The average Bonchev–Trinajstić information content (AvgIpc) is 3.44. The van der Waals surface area contributed by atoms with E-state index in [4.69, 9.17) is 0 Å². The summed E-state index contributed by atoms with van der Waals surface area (Å²) in [5.41, 5.74) is 5.16. The van der Waals surface area contributed by atoms with Gasteiger partial charge in [0.25, 0.3) is 0 Å². The summed E-state index contributed by atoms with van der Waals surface area (Å²) >= 11 is 0. The first kappa shape index (κ1) is 21.8. The van der Waals surface area contributed by atoms with E-state index in [1.807, 2.05) is 56.3 Å². The van der Waals surface area contributed by atoms with E-state index in [9.17, 15) is 14.7 Å². The number of benzene rings is 2. The molecular formula is C27H26N4O3. The van der Waals surface area contributed by atoms with Crippen molar-refractivity contribution in [1.29, 1.82) is 0 Å². The topological polar surface area (TPSA) is 86.1 Å². The molecule has 5 rings (SSSR count). The number of nitrogens with zero attached hydrogens (tertiary/aromatic N) is 4. The number of hydrazone groups is 1. The van der Waals surface area contributed by atoms with Crippen molar-refractivity contribution < 1.29 is 14.7 Å². The third-order valence-corrected chi connectivity index (χ3v) is 6.54. The predicted molar refractivity (Wildman–Crippen MR) is 129 cm³/mol. The number of aromatic nitrogens is 1. The van der Waals surface area contributed by atoms with Crippen molar-refractivity contribution in [3.05, 3.63) is 89.2 Å². The highest BCUT2D eigenvalue weighted by molar-refractivity contribution is 6.04. The van der Waals surface area contributed by atoms with E-state index in [1.165, 1.54) is 5.01 Å². The molecule has 2 amide bonds. The minimum absolute atomic E-state index is 0.0694. The van der Waals surface area contributed by atoms with E-state index in [-0.39, 0.29) is 24.0 Å². The molecule has 0 radical (unpaired) electrons. The lowest BCUT2D eigenvalue weighted by Crippen LogP contribution is -2.34. The number of rotatable bonds is 4. The van der Waals surface area contributed by atoms with E-state index < -0.39 is 12.0 Å². The molecule has 2 aliphatic rings. The third-order valence-electron chi connectivity index (χ3n) is 6.54. The molecule has 34 heavy (non-hydrogen) atoms. The zero-order valence-corrected chi connectivity index (χ0v) is 19.2. The van der Waals surface area contributed by atoms with Crippen LogP contribution in [0.2, 0.25) is 0 Å². The highest BCUT2D eigenvalue weighted by atomic mass is 16.3. The number of amides is 2. The van der Waals surface area contributed by atoms with E-state index in [2.05, 4.69) is 10.1 Å². The van der Waals surface area contributed by atoms with Gasteiger partial charge in [0.1, 0.15) is 5.75 Å². The summed E-state index contributed by atoms with van der Waals surface area (Å²) in [7, 11) is 0. The first-order valence-corrected chi connectivity index (χ1v) is 11.4. The maximum atomic E-state index is 13.7. The van der Waals surface area contributed by atoms with Gasteiger partial charge in [-0.1, -0.05) is 42.0 Å². The molecule has 1 N–H and O–H groups in total. The summed E-state index contributed by atoms with van der Waals surface area (Å²) < 4.78 is 0. The molecule has 2 atom stereocenters. The van der Waals surface area contributed by atoms with Gasteiger partial charge in [-0.3, -0.25) is 14.6 Å². The summed E-state index contributed by atoms with van der Waals surface area (Å²) in [6, 6.07) is 16.2. The standard InChI is InChI=1S/C27H26N4O3/c1-17-9-10-23(18(2)12-17)30-16-20(13-26(30)33)27(34)31-24(21-7-3-4-8-25(21)32)14-22(29-31)19-6-5-11-28-15-19/h3-12,15,20,24,32H,13-14,16H2,1-2H3. The molecular weight excluding hydrogens is 428 g/mol. The van der Waals surface area contributed by atoms with Crippen LogP contribution < -0.4 is 4.90 Å². The largest absolute Gasteiger partial charge is 0.508 e. The molecule has 172 valence electrons. The predicted octanol–water partition coefficient (Wildman–Crippen LogP) is 4.13. The number of anilines is 1. The third kappa shape index (κ3) is 3.94. The Morgan fingerprint density at radius 3 is 2.62 bits per heavy atom. The summed E-state index contributed by atoms with van der Waals surface area (Å²) in [5.74, 6) is -0.682. The lowest BCUT2D eigenvalue weighted by atomic mass is 9.97. The van der Waals surface area contributed by atoms with Crippen molar-refractivity contribution in [2.24, 2.45) is 11.0 Å². The fourth-order valence-electron chi connectivity index (χ4n) is 4.83. The van der Waals surface area contributed by atoms with Gasteiger partial charge in [-0.15, -0.1) is 0 Å². The van der Waals surface area contributed by atoms with Gasteiger partial charge in [-0.2, -0.15) is 5.10 Å². The maximum absolute atomic E-state index is 13.7. The smallest absolute Gasteiger partial charge is 0.248 e. The maximum Gasteiger partial charge on any atom is 0.248 e. The minimum Gasteiger partial charge on any atom is -0.508 e. The van der Waals surface area contributed by atoms with Crippen LogP contribution in [0.5, 0.6) is 5.75 Å². The fraction of sp³-hybridized carbons (Fsp3) is 0.259. The van der Waals surface area contributed by atoms with Gasteiger partial charge in [0.05, 0.1) is 17.7 Å². The molecule has 1 saturated heterocycles. The molecule has 3 heterocycles. The molecule has 2 aromatic carbocycles. The molecule has 1 fully saturated rings. The SMILES string of the molecule is Cc1ccc(N2CC(C(=O)N3N=C(c4cccnc4)CC3c3ccccc3O)CC2=O)c(C)c1. The molecule has 3 aromatic rings. The molecule has 0 spiro atoms. The van der Waals surface area contributed by atoms with E-state index in [1.54, 1.807) is 29.4 Å². The van der Waals surface area contributed by atoms with Crippen molar-refractivity contribution in [3.63, 3.8) is 0 Å². The Hall–Kier alpha value is -4.00. The van der Waals surface area contributed by atoms with Crippen LogP contribution in [0.1, 0.15) is 41.1 Å². The highest BCUT2D eigenvalue weighted by Crippen LogP contribution is 2.39. The van der Waals surface area contributed by atoms with E-state index in [0.717, 1.165) is 28.1 Å². The zero-order valence-electron chi connectivity index (χ0n) is 19.2. The number of phenols is 1. The number of carbonyl (C=O) groups excluding carboxylic acids is 2. The van der Waals surface area contributed by atoms with Gasteiger partial charge < -0.3 is 10.0 Å². The Labute approximate surface area is 198 Å². The van der Waals surface area contributed by atoms with E-state index >= 15 is 0 Å². The molecule has 2 unspecified atom stereocenters. The average molecular weight is 455 g/mol. The van der Waals surface area contributed by atoms with Gasteiger partial charge in [0.2, 0.25) is 11.8 Å². The summed E-state index contributed by atoms with van der Waals surface area (Å²) in [5, 5.41) is 16.6. The summed E-state index contributed by atoms with van der Waals surface area (Å²) in [6.07, 6.45) is 3.99. The second kappa shape index (κ2) is 8.74. The molecule has 0 saturated carbocycles. The van der Waals surface area contributed by atoms with E-state index in [0.29, 0.717) is 18.5 Å².